The molecule has 1 saturated heterocycles. The zero-order valence-electron chi connectivity index (χ0n) is 13.5. The molecule has 2 aliphatic heterocycles. The molecule has 0 bridgehead atoms. The van der Waals surface area contributed by atoms with Crippen LogP contribution in [0.5, 0.6) is 11.5 Å². The zero-order valence-corrected chi connectivity index (χ0v) is 13.5. The van der Waals surface area contributed by atoms with Gasteiger partial charge in [0.25, 0.3) is 5.91 Å². The van der Waals surface area contributed by atoms with Crippen LogP contribution in [0.4, 0.5) is 15.8 Å². The highest BCUT2D eigenvalue weighted by Gasteiger charge is 2.18. The van der Waals surface area contributed by atoms with E-state index in [9.17, 15) is 9.18 Å². The quantitative estimate of drug-likeness (QED) is 0.928. The third-order valence-corrected chi connectivity index (χ3v) is 4.19. The van der Waals surface area contributed by atoms with Crippen molar-refractivity contribution >= 4 is 17.3 Å². The molecular formula is C18H17FN2O4. The first-order valence-corrected chi connectivity index (χ1v) is 8.04. The summed E-state index contributed by atoms with van der Waals surface area (Å²) < 4.78 is 30.2. The predicted octanol–water partition coefficient (Wildman–Crippen LogP) is 2.64. The molecule has 0 radical (unpaired) electrons. The minimum absolute atomic E-state index is 0.147. The van der Waals surface area contributed by atoms with E-state index in [2.05, 4.69) is 5.32 Å². The monoisotopic (exact) mass is 344 g/mol. The largest absolute Gasteiger partial charge is 0.454 e. The van der Waals surface area contributed by atoms with Crippen LogP contribution >= 0.6 is 0 Å². The van der Waals surface area contributed by atoms with E-state index in [0.29, 0.717) is 54.7 Å². The number of fused-ring (bicyclic) bond motifs is 1. The minimum atomic E-state index is -0.370. The van der Waals surface area contributed by atoms with E-state index in [0.717, 1.165) is 0 Å². The number of amides is 1. The van der Waals surface area contributed by atoms with E-state index < -0.39 is 0 Å². The number of anilines is 2. The summed E-state index contributed by atoms with van der Waals surface area (Å²) in [5, 5.41) is 2.70. The van der Waals surface area contributed by atoms with Crippen molar-refractivity contribution in [1.82, 2.24) is 0 Å². The second-order valence-corrected chi connectivity index (χ2v) is 5.79. The second-order valence-electron chi connectivity index (χ2n) is 5.79. The van der Waals surface area contributed by atoms with Crippen molar-refractivity contribution in [3.63, 3.8) is 0 Å². The Balaban J connectivity index is 1.48. The van der Waals surface area contributed by atoms with Gasteiger partial charge in [-0.25, -0.2) is 4.39 Å². The SMILES string of the molecule is O=C(Nc1ccc(N2CCOCC2)c(F)c1)c1ccc2c(c1)OCO2. The van der Waals surface area contributed by atoms with Crippen LogP contribution < -0.4 is 19.7 Å². The third kappa shape index (κ3) is 3.23. The van der Waals surface area contributed by atoms with Gasteiger partial charge in [0.15, 0.2) is 11.5 Å². The molecule has 25 heavy (non-hydrogen) atoms. The average Bonchev–Trinajstić information content (AvgIpc) is 3.10. The van der Waals surface area contributed by atoms with Crippen molar-refractivity contribution in [3.8, 4) is 11.5 Å². The average molecular weight is 344 g/mol. The van der Waals surface area contributed by atoms with Crippen molar-refractivity contribution in [2.24, 2.45) is 0 Å². The maximum atomic E-state index is 14.4. The van der Waals surface area contributed by atoms with Gasteiger partial charge in [-0.05, 0) is 36.4 Å². The van der Waals surface area contributed by atoms with Gasteiger partial charge in [-0.2, -0.15) is 0 Å². The Labute approximate surface area is 144 Å². The van der Waals surface area contributed by atoms with Crippen molar-refractivity contribution in [2.45, 2.75) is 0 Å². The van der Waals surface area contributed by atoms with E-state index in [-0.39, 0.29) is 18.5 Å². The van der Waals surface area contributed by atoms with Gasteiger partial charge in [-0.15, -0.1) is 0 Å². The normalized spacial score (nSPS) is 16.0. The molecule has 2 aromatic rings. The number of rotatable bonds is 3. The Bertz CT molecular complexity index is 806. The van der Waals surface area contributed by atoms with Crippen LogP contribution in [-0.4, -0.2) is 39.0 Å². The second kappa shape index (κ2) is 6.60. The molecule has 0 spiro atoms. The summed E-state index contributed by atoms with van der Waals surface area (Å²) in [6.45, 7) is 2.62. The van der Waals surface area contributed by atoms with E-state index >= 15 is 0 Å². The number of carbonyl (C=O) groups is 1. The highest BCUT2D eigenvalue weighted by molar-refractivity contribution is 6.04. The highest BCUT2D eigenvalue weighted by atomic mass is 19.1. The van der Waals surface area contributed by atoms with Crippen LogP contribution in [0.15, 0.2) is 36.4 Å². The van der Waals surface area contributed by atoms with Gasteiger partial charge in [-0.1, -0.05) is 0 Å². The lowest BCUT2D eigenvalue weighted by Gasteiger charge is -2.29. The van der Waals surface area contributed by atoms with Gasteiger partial charge >= 0.3 is 0 Å². The van der Waals surface area contributed by atoms with Crippen LogP contribution in [0.2, 0.25) is 0 Å². The summed E-state index contributed by atoms with van der Waals surface area (Å²) >= 11 is 0. The molecule has 0 saturated carbocycles. The lowest BCUT2D eigenvalue weighted by molar-refractivity contribution is 0.102. The van der Waals surface area contributed by atoms with E-state index in [1.54, 1.807) is 30.3 Å². The predicted molar refractivity (Wildman–Crippen MR) is 90.0 cm³/mol. The maximum Gasteiger partial charge on any atom is 0.255 e. The minimum Gasteiger partial charge on any atom is -0.454 e. The van der Waals surface area contributed by atoms with Gasteiger partial charge in [0.2, 0.25) is 6.79 Å². The Morgan fingerprint density at radius 3 is 2.64 bits per heavy atom. The first-order valence-electron chi connectivity index (χ1n) is 8.04. The molecule has 0 aliphatic carbocycles. The number of carbonyl (C=O) groups excluding carboxylic acids is 1. The van der Waals surface area contributed by atoms with Gasteiger partial charge in [0.05, 0.1) is 18.9 Å². The van der Waals surface area contributed by atoms with Crippen molar-refractivity contribution in [2.75, 3.05) is 43.3 Å². The van der Waals surface area contributed by atoms with E-state index in [1.165, 1.54) is 6.07 Å². The summed E-state index contributed by atoms with van der Waals surface area (Å²) in [6, 6.07) is 9.63. The topological polar surface area (TPSA) is 60.0 Å². The Kier molecular flexibility index (Phi) is 4.15. The van der Waals surface area contributed by atoms with E-state index in [4.69, 9.17) is 14.2 Å². The number of benzene rings is 2. The summed E-state index contributed by atoms with van der Waals surface area (Å²) in [5.74, 6) is 0.432. The molecule has 4 rings (SSSR count). The molecule has 0 unspecified atom stereocenters. The number of morpholine rings is 1. The molecular weight excluding hydrogens is 327 g/mol. The standard InChI is InChI=1S/C18H17FN2O4/c19-14-10-13(2-3-15(14)21-5-7-23-8-6-21)20-18(22)12-1-4-16-17(9-12)25-11-24-16/h1-4,9-10H,5-8,11H2,(H,20,22). The molecule has 130 valence electrons. The number of halogens is 1. The van der Waals surface area contributed by atoms with Crippen molar-refractivity contribution in [3.05, 3.63) is 47.8 Å². The molecule has 0 aromatic heterocycles. The molecule has 1 amide bonds. The number of nitrogens with one attached hydrogen (secondary N) is 1. The number of hydrogen-bond acceptors (Lipinski definition) is 5. The Morgan fingerprint density at radius 2 is 1.84 bits per heavy atom. The molecule has 6 nitrogen and oxygen atoms in total. The lowest BCUT2D eigenvalue weighted by Crippen LogP contribution is -2.36. The first kappa shape index (κ1) is 15.7. The molecule has 2 aliphatic rings. The third-order valence-electron chi connectivity index (χ3n) is 4.19. The summed E-state index contributed by atoms with van der Waals surface area (Å²) in [4.78, 5) is 14.3. The number of ether oxygens (including phenoxy) is 3. The maximum absolute atomic E-state index is 14.4. The van der Waals surface area contributed by atoms with Gasteiger partial charge in [0, 0.05) is 24.3 Å². The fourth-order valence-electron chi connectivity index (χ4n) is 2.89. The fourth-order valence-corrected chi connectivity index (χ4v) is 2.89. The molecule has 1 fully saturated rings. The fraction of sp³-hybridized carbons (Fsp3) is 0.278. The summed E-state index contributed by atoms with van der Waals surface area (Å²) in [6.07, 6.45) is 0. The summed E-state index contributed by atoms with van der Waals surface area (Å²) in [5.41, 5.74) is 1.34. The van der Waals surface area contributed by atoms with Crippen molar-refractivity contribution < 1.29 is 23.4 Å². The molecule has 0 atom stereocenters. The van der Waals surface area contributed by atoms with Crippen LogP contribution in [-0.2, 0) is 4.74 Å². The molecule has 2 aromatic carbocycles. The Hall–Kier alpha value is -2.80. The van der Waals surface area contributed by atoms with Gasteiger partial charge in [-0.3, -0.25) is 4.79 Å². The lowest BCUT2D eigenvalue weighted by atomic mass is 10.1. The van der Waals surface area contributed by atoms with Crippen LogP contribution in [0.3, 0.4) is 0 Å². The van der Waals surface area contributed by atoms with E-state index in [1.807, 2.05) is 4.90 Å². The first-order chi connectivity index (χ1) is 12.2. The summed E-state index contributed by atoms with van der Waals surface area (Å²) in [7, 11) is 0. The molecule has 1 N–H and O–H groups in total. The van der Waals surface area contributed by atoms with Crippen LogP contribution in [0.25, 0.3) is 0 Å². The number of nitrogens with zero attached hydrogens (tertiary/aromatic N) is 1. The van der Waals surface area contributed by atoms with Gasteiger partial charge < -0.3 is 24.4 Å². The van der Waals surface area contributed by atoms with Gasteiger partial charge in [0.1, 0.15) is 5.82 Å². The number of hydrogen-bond donors (Lipinski definition) is 1. The van der Waals surface area contributed by atoms with Crippen molar-refractivity contribution in [1.29, 1.82) is 0 Å². The Morgan fingerprint density at radius 1 is 1.04 bits per heavy atom. The highest BCUT2D eigenvalue weighted by Crippen LogP contribution is 2.32. The smallest absolute Gasteiger partial charge is 0.255 e. The van der Waals surface area contributed by atoms with Crippen LogP contribution in [0, 0.1) is 5.82 Å². The molecule has 2 heterocycles. The zero-order chi connectivity index (χ0) is 17.2. The van der Waals surface area contributed by atoms with Crippen LogP contribution in [0.1, 0.15) is 10.4 Å². The molecule has 7 heteroatoms.